The van der Waals surface area contributed by atoms with Gasteiger partial charge in [-0.15, -0.1) is 0 Å². The molecule has 1 rings (SSSR count). The summed E-state index contributed by atoms with van der Waals surface area (Å²) in [4.78, 5) is 31.0. The number of esters is 1. The Morgan fingerprint density at radius 1 is 1.30 bits per heavy atom. The number of nitrogens with one attached hydrogen (secondary N) is 1. The van der Waals surface area contributed by atoms with Crippen LogP contribution < -0.4 is 5.32 Å². The van der Waals surface area contributed by atoms with Crippen LogP contribution in [0.4, 0.5) is 11.4 Å². The number of anilines is 1. The average molecular weight is 281 g/mol. The zero-order valence-corrected chi connectivity index (χ0v) is 10.4. The van der Waals surface area contributed by atoms with Crippen molar-refractivity contribution in [2.75, 3.05) is 11.9 Å². The molecule has 20 heavy (non-hydrogen) atoms. The van der Waals surface area contributed by atoms with Crippen LogP contribution in [0, 0.1) is 20.2 Å². The van der Waals surface area contributed by atoms with Gasteiger partial charge in [0.2, 0.25) is 0 Å². The van der Waals surface area contributed by atoms with Gasteiger partial charge in [0.25, 0.3) is 5.69 Å². The molecule has 1 N–H and O–H groups in total. The molecule has 0 aliphatic carbocycles. The quantitative estimate of drug-likeness (QED) is 0.364. The van der Waals surface area contributed by atoms with Gasteiger partial charge in [0.15, 0.2) is 0 Å². The van der Waals surface area contributed by atoms with Gasteiger partial charge in [0.05, 0.1) is 22.7 Å². The fourth-order valence-corrected chi connectivity index (χ4v) is 1.22. The molecule has 0 heterocycles. The number of carbonyl (C=O) groups excluding carboxylic acids is 1. The molecule has 0 unspecified atom stereocenters. The second-order valence-electron chi connectivity index (χ2n) is 3.46. The van der Waals surface area contributed by atoms with Crippen molar-refractivity contribution in [3.8, 4) is 0 Å². The van der Waals surface area contributed by atoms with Crippen LogP contribution in [0.2, 0.25) is 0 Å². The molecule has 0 radical (unpaired) electrons. The molecule has 0 fully saturated rings. The minimum absolute atomic E-state index is 0.0154. The lowest BCUT2D eigenvalue weighted by atomic mass is 10.3. The largest absolute Gasteiger partial charge is 0.458 e. The second kappa shape index (κ2) is 6.83. The molecule has 0 aliphatic heterocycles. The fourth-order valence-electron chi connectivity index (χ4n) is 1.22. The fraction of sp³-hybridized carbons (Fsp3) is 0.182. The number of carbonyl (C=O) groups is 1. The van der Waals surface area contributed by atoms with Crippen LogP contribution in [0.3, 0.4) is 0 Å². The number of nitrogens with zero attached hydrogens (tertiary/aromatic N) is 2. The highest BCUT2D eigenvalue weighted by atomic mass is 16.6. The minimum Gasteiger partial charge on any atom is -0.458 e. The maximum absolute atomic E-state index is 11.3. The Morgan fingerprint density at radius 3 is 2.35 bits per heavy atom. The molecule has 0 aromatic heterocycles. The van der Waals surface area contributed by atoms with Crippen LogP contribution >= 0.6 is 0 Å². The SMILES string of the molecule is CCOC(=O)C(=CNc1ccc([N+](=O)[O-])cc1)[N+](=O)[O-]. The van der Waals surface area contributed by atoms with Crippen molar-refractivity contribution in [1.82, 2.24) is 0 Å². The van der Waals surface area contributed by atoms with Gasteiger partial charge in [-0.2, -0.15) is 0 Å². The third kappa shape index (κ3) is 4.05. The lowest BCUT2D eigenvalue weighted by Gasteiger charge is -2.02. The molecule has 0 atom stereocenters. The lowest BCUT2D eigenvalue weighted by molar-refractivity contribution is -0.421. The van der Waals surface area contributed by atoms with E-state index in [1.54, 1.807) is 0 Å². The zero-order valence-electron chi connectivity index (χ0n) is 10.4. The monoisotopic (exact) mass is 281 g/mol. The van der Waals surface area contributed by atoms with Crippen LogP contribution in [-0.4, -0.2) is 22.4 Å². The minimum atomic E-state index is -1.06. The molecule has 0 saturated heterocycles. The predicted octanol–water partition coefficient (Wildman–Crippen LogP) is 1.69. The number of rotatable bonds is 6. The van der Waals surface area contributed by atoms with Gasteiger partial charge in [0, 0.05) is 17.8 Å². The first-order valence-corrected chi connectivity index (χ1v) is 5.48. The number of ether oxygens (including phenoxy) is 1. The third-order valence-corrected chi connectivity index (χ3v) is 2.13. The number of benzene rings is 1. The molecule has 1 aromatic rings. The van der Waals surface area contributed by atoms with E-state index in [-0.39, 0.29) is 12.3 Å². The van der Waals surface area contributed by atoms with Crippen LogP contribution in [0.25, 0.3) is 0 Å². The molecule has 9 heteroatoms. The second-order valence-corrected chi connectivity index (χ2v) is 3.46. The van der Waals surface area contributed by atoms with Crippen LogP contribution in [-0.2, 0) is 9.53 Å². The Kier molecular flexibility index (Phi) is 5.15. The number of hydrogen-bond donors (Lipinski definition) is 1. The van der Waals surface area contributed by atoms with Crippen LogP contribution in [0.15, 0.2) is 36.2 Å². The highest BCUT2D eigenvalue weighted by molar-refractivity contribution is 5.86. The van der Waals surface area contributed by atoms with Gasteiger partial charge in [-0.25, -0.2) is 4.79 Å². The summed E-state index contributed by atoms with van der Waals surface area (Å²) in [5, 5.41) is 23.6. The summed E-state index contributed by atoms with van der Waals surface area (Å²) in [6.07, 6.45) is 0.874. The summed E-state index contributed by atoms with van der Waals surface area (Å²) in [5.74, 6) is -1.06. The van der Waals surface area contributed by atoms with Crippen molar-refractivity contribution < 1.29 is 19.4 Å². The summed E-state index contributed by atoms with van der Waals surface area (Å²) in [7, 11) is 0. The normalized spacial score (nSPS) is 10.8. The Labute approximate surface area is 113 Å². The lowest BCUT2D eigenvalue weighted by Crippen LogP contribution is -2.16. The molecule has 0 aliphatic rings. The van der Waals surface area contributed by atoms with Crippen LogP contribution in [0.5, 0.6) is 0 Å². The summed E-state index contributed by atoms with van der Waals surface area (Å²) >= 11 is 0. The van der Waals surface area contributed by atoms with E-state index < -0.39 is 21.5 Å². The van der Waals surface area contributed by atoms with Crippen molar-refractivity contribution in [2.24, 2.45) is 0 Å². The maximum atomic E-state index is 11.3. The molecular weight excluding hydrogens is 270 g/mol. The smallest absolute Gasteiger partial charge is 0.411 e. The van der Waals surface area contributed by atoms with Gasteiger partial charge in [-0.1, -0.05) is 0 Å². The van der Waals surface area contributed by atoms with Gasteiger partial charge in [-0.3, -0.25) is 20.2 Å². The van der Waals surface area contributed by atoms with E-state index >= 15 is 0 Å². The number of nitro groups is 2. The summed E-state index contributed by atoms with van der Waals surface area (Å²) in [6, 6.07) is 5.17. The van der Waals surface area contributed by atoms with Crippen LogP contribution in [0.1, 0.15) is 6.92 Å². The standard InChI is InChI=1S/C11H11N3O6/c1-2-20-11(15)10(14(18)19)7-12-8-3-5-9(6-4-8)13(16)17/h3-7,12H,2H2,1H3. The Balaban J connectivity index is 2.84. The topological polar surface area (TPSA) is 125 Å². The van der Waals surface area contributed by atoms with Crippen molar-refractivity contribution in [1.29, 1.82) is 0 Å². The first-order valence-electron chi connectivity index (χ1n) is 5.48. The van der Waals surface area contributed by atoms with Crippen molar-refractivity contribution in [2.45, 2.75) is 6.92 Å². The van der Waals surface area contributed by atoms with E-state index in [4.69, 9.17) is 0 Å². The Bertz CT molecular complexity index is 552. The maximum Gasteiger partial charge on any atom is 0.411 e. The van der Waals surface area contributed by atoms with Crippen molar-refractivity contribution >= 4 is 17.3 Å². The summed E-state index contributed by atoms with van der Waals surface area (Å²) in [5.41, 5.74) is -0.510. The number of hydrogen-bond acceptors (Lipinski definition) is 7. The first kappa shape index (κ1) is 15.1. The Hall–Kier alpha value is -2.97. The summed E-state index contributed by atoms with van der Waals surface area (Å²) < 4.78 is 4.53. The molecule has 0 bridgehead atoms. The van der Waals surface area contributed by atoms with Crippen molar-refractivity contribution in [3.63, 3.8) is 0 Å². The summed E-state index contributed by atoms with van der Waals surface area (Å²) in [6.45, 7) is 1.54. The van der Waals surface area contributed by atoms with E-state index in [1.165, 1.54) is 31.2 Å². The van der Waals surface area contributed by atoms with E-state index in [0.29, 0.717) is 5.69 Å². The predicted molar refractivity (Wildman–Crippen MR) is 68.4 cm³/mol. The molecule has 106 valence electrons. The average Bonchev–Trinajstić information content (AvgIpc) is 2.39. The Morgan fingerprint density at radius 2 is 1.90 bits per heavy atom. The molecule has 0 spiro atoms. The van der Waals surface area contributed by atoms with Crippen molar-refractivity contribution in [3.05, 3.63) is 56.4 Å². The molecule has 0 amide bonds. The third-order valence-electron chi connectivity index (χ3n) is 2.13. The van der Waals surface area contributed by atoms with E-state index in [9.17, 15) is 25.0 Å². The zero-order chi connectivity index (χ0) is 15.1. The molecular formula is C11H11N3O6. The van der Waals surface area contributed by atoms with E-state index in [2.05, 4.69) is 10.1 Å². The molecule has 0 saturated carbocycles. The molecule has 1 aromatic carbocycles. The number of nitro benzene ring substituents is 1. The highest BCUT2D eigenvalue weighted by Gasteiger charge is 2.23. The van der Waals surface area contributed by atoms with E-state index in [0.717, 1.165) is 6.20 Å². The van der Waals surface area contributed by atoms with Gasteiger partial charge in [-0.05, 0) is 19.1 Å². The first-order chi connectivity index (χ1) is 9.45. The van der Waals surface area contributed by atoms with Gasteiger partial charge in [0.1, 0.15) is 0 Å². The van der Waals surface area contributed by atoms with E-state index in [1.807, 2.05) is 0 Å². The number of non-ortho nitro benzene ring substituents is 1. The highest BCUT2D eigenvalue weighted by Crippen LogP contribution is 2.15. The molecule has 9 nitrogen and oxygen atoms in total. The van der Waals surface area contributed by atoms with Gasteiger partial charge < -0.3 is 10.1 Å². The van der Waals surface area contributed by atoms with Gasteiger partial charge >= 0.3 is 11.7 Å².